The molecule has 112 valence electrons. The Kier molecular flexibility index (Phi) is 3.35. The van der Waals surface area contributed by atoms with E-state index < -0.39 is 0 Å². The van der Waals surface area contributed by atoms with Crippen LogP contribution in [0.4, 0.5) is 4.39 Å². The molecule has 1 aromatic carbocycles. The van der Waals surface area contributed by atoms with Crippen LogP contribution in [0, 0.1) is 11.7 Å². The van der Waals surface area contributed by atoms with Gasteiger partial charge in [-0.25, -0.2) is 14.4 Å². The van der Waals surface area contributed by atoms with Gasteiger partial charge in [-0.1, -0.05) is 12.1 Å². The number of halogens is 1. The molecular formula is C17H17FN4. The van der Waals surface area contributed by atoms with Crippen molar-refractivity contribution >= 4 is 11.2 Å². The van der Waals surface area contributed by atoms with Crippen molar-refractivity contribution < 1.29 is 4.39 Å². The Hall–Kier alpha value is -2.27. The molecule has 0 bridgehead atoms. The molecule has 0 spiro atoms. The zero-order valence-electron chi connectivity index (χ0n) is 12.2. The molecule has 5 heteroatoms. The van der Waals surface area contributed by atoms with Crippen molar-refractivity contribution in [1.82, 2.24) is 19.9 Å². The Balaban J connectivity index is 1.85. The third-order valence-corrected chi connectivity index (χ3v) is 4.19. The van der Waals surface area contributed by atoms with Gasteiger partial charge in [-0.2, -0.15) is 0 Å². The van der Waals surface area contributed by atoms with Gasteiger partial charge in [0.25, 0.3) is 0 Å². The van der Waals surface area contributed by atoms with Gasteiger partial charge in [-0.05, 0) is 49.7 Å². The zero-order valence-corrected chi connectivity index (χ0v) is 12.2. The predicted octanol–water partition coefficient (Wildman–Crippen LogP) is 2.85. The Bertz CT molecular complexity index is 805. The average Bonchev–Trinajstić information content (AvgIpc) is 3.16. The van der Waals surface area contributed by atoms with Crippen molar-refractivity contribution in [3.8, 4) is 11.4 Å². The lowest BCUT2D eigenvalue weighted by molar-refractivity contribution is 0.490. The minimum absolute atomic E-state index is 0.244. The molecule has 4 nitrogen and oxygen atoms in total. The first-order valence-corrected chi connectivity index (χ1v) is 7.59. The van der Waals surface area contributed by atoms with Crippen LogP contribution in [0.2, 0.25) is 0 Å². The lowest BCUT2D eigenvalue weighted by Crippen LogP contribution is -2.15. The number of imidazole rings is 1. The van der Waals surface area contributed by atoms with E-state index in [4.69, 9.17) is 0 Å². The Morgan fingerprint density at radius 3 is 3.05 bits per heavy atom. The molecular weight excluding hydrogens is 279 g/mol. The first kappa shape index (κ1) is 13.4. The summed E-state index contributed by atoms with van der Waals surface area (Å²) in [6.07, 6.45) is 2.93. The van der Waals surface area contributed by atoms with E-state index >= 15 is 0 Å². The van der Waals surface area contributed by atoms with E-state index in [9.17, 15) is 4.39 Å². The number of rotatable bonds is 3. The number of hydrogen-bond donors (Lipinski definition) is 1. The second kappa shape index (κ2) is 5.50. The molecule has 0 saturated carbocycles. The topological polar surface area (TPSA) is 42.7 Å². The van der Waals surface area contributed by atoms with Gasteiger partial charge in [0.05, 0.1) is 0 Å². The van der Waals surface area contributed by atoms with Gasteiger partial charge in [0.2, 0.25) is 0 Å². The molecule has 0 radical (unpaired) electrons. The maximum Gasteiger partial charge on any atom is 0.160 e. The van der Waals surface area contributed by atoms with Crippen LogP contribution >= 0.6 is 0 Å². The molecule has 1 unspecified atom stereocenters. The summed E-state index contributed by atoms with van der Waals surface area (Å²) in [4.78, 5) is 9.16. The second-order valence-electron chi connectivity index (χ2n) is 5.76. The zero-order chi connectivity index (χ0) is 14.9. The highest BCUT2D eigenvalue weighted by Gasteiger charge is 2.20. The summed E-state index contributed by atoms with van der Waals surface area (Å²) >= 11 is 0. The number of hydrogen-bond acceptors (Lipinski definition) is 3. The predicted molar refractivity (Wildman–Crippen MR) is 83.9 cm³/mol. The van der Waals surface area contributed by atoms with Crippen LogP contribution in [0.5, 0.6) is 0 Å². The van der Waals surface area contributed by atoms with E-state index in [1.54, 1.807) is 12.3 Å². The molecule has 3 heterocycles. The van der Waals surface area contributed by atoms with Crippen LogP contribution in [-0.2, 0) is 6.54 Å². The third-order valence-electron chi connectivity index (χ3n) is 4.19. The van der Waals surface area contributed by atoms with Crippen LogP contribution in [0.25, 0.3) is 22.6 Å². The fourth-order valence-electron chi connectivity index (χ4n) is 3.11. The fourth-order valence-corrected chi connectivity index (χ4v) is 3.11. The highest BCUT2D eigenvalue weighted by atomic mass is 19.1. The molecule has 1 aliphatic rings. The number of pyridine rings is 1. The smallest absolute Gasteiger partial charge is 0.160 e. The highest BCUT2D eigenvalue weighted by molar-refractivity contribution is 5.77. The number of fused-ring (bicyclic) bond motifs is 1. The van der Waals surface area contributed by atoms with Gasteiger partial charge in [-0.15, -0.1) is 0 Å². The molecule has 1 atom stereocenters. The number of nitrogens with one attached hydrogen (secondary N) is 1. The summed E-state index contributed by atoms with van der Waals surface area (Å²) in [6.45, 7) is 2.92. The summed E-state index contributed by atoms with van der Waals surface area (Å²) in [5, 5.41) is 3.39. The number of aromatic nitrogens is 3. The van der Waals surface area contributed by atoms with Crippen LogP contribution in [-0.4, -0.2) is 27.6 Å². The van der Waals surface area contributed by atoms with E-state index in [2.05, 4.69) is 19.9 Å². The molecule has 22 heavy (non-hydrogen) atoms. The van der Waals surface area contributed by atoms with Crippen molar-refractivity contribution in [3.63, 3.8) is 0 Å². The largest absolute Gasteiger partial charge is 0.316 e. The first-order chi connectivity index (χ1) is 10.8. The van der Waals surface area contributed by atoms with Gasteiger partial charge in [-0.3, -0.25) is 0 Å². The van der Waals surface area contributed by atoms with E-state index in [1.165, 1.54) is 12.1 Å². The number of benzene rings is 1. The molecule has 0 amide bonds. The van der Waals surface area contributed by atoms with E-state index in [0.29, 0.717) is 5.92 Å². The molecule has 1 aliphatic heterocycles. The fraction of sp³-hybridized carbons (Fsp3) is 0.294. The summed E-state index contributed by atoms with van der Waals surface area (Å²) in [5.74, 6) is 1.11. The Morgan fingerprint density at radius 2 is 2.23 bits per heavy atom. The van der Waals surface area contributed by atoms with Crippen molar-refractivity contribution in [2.75, 3.05) is 13.1 Å². The van der Waals surface area contributed by atoms with Crippen LogP contribution < -0.4 is 5.32 Å². The van der Waals surface area contributed by atoms with Crippen LogP contribution in [0.1, 0.15) is 6.42 Å². The third kappa shape index (κ3) is 2.37. The molecule has 0 aliphatic carbocycles. The maximum atomic E-state index is 13.6. The van der Waals surface area contributed by atoms with Gasteiger partial charge >= 0.3 is 0 Å². The molecule has 1 N–H and O–H groups in total. The summed E-state index contributed by atoms with van der Waals surface area (Å²) in [5.41, 5.74) is 2.52. The number of nitrogens with zero attached hydrogens (tertiary/aromatic N) is 3. The van der Waals surface area contributed by atoms with Crippen LogP contribution in [0.3, 0.4) is 0 Å². The summed E-state index contributed by atoms with van der Waals surface area (Å²) < 4.78 is 15.7. The van der Waals surface area contributed by atoms with E-state index in [1.807, 2.05) is 18.2 Å². The molecule has 4 rings (SSSR count). The van der Waals surface area contributed by atoms with E-state index in [0.717, 1.165) is 48.6 Å². The summed E-state index contributed by atoms with van der Waals surface area (Å²) in [7, 11) is 0. The van der Waals surface area contributed by atoms with E-state index in [-0.39, 0.29) is 5.82 Å². The van der Waals surface area contributed by atoms with Gasteiger partial charge in [0.1, 0.15) is 17.2 Å². The second-order valence-corrected chi connectivity index (χ2v) is 5.76. The first-order valence-electron chi connectivity index (χ1n) is 7.59. The maximum absolute atomic E-state index is 13.6. The standard InChI is InChI=1S/C17H17FN4/c18-14-4-1-3-13(9-14)16-21-15-5-2-7-20-17(15)22(16)11-12-6-8-19-10-12/h1-5,7,9,12,19H,6,8,10-11H2. The van der Waals surface area contributed by atoms with Crippen molar-refractivity contribution in [3.05, 3.63) is 48.4 Å². The lowest BCUT2D eigenvalue weighted by Gasteiger charge is -2.13. The molecule has 3 aromatic rings. The van der Waals surface area contributed by atoms with Crippen molar-refractivity contribution in [2.24, 2.45) is 5.92 Å². The highest BCUT2D eigenvalue weighted by Crippen LogP contribution is 2.26. The minimum atomic E-state index is -0.244. The van der Waals surface area contributed by atoms with Crippen LogP contribution in [0.15, 0.2) is 42.6 Å². The summed E-state index contributed by atoms with van der Waals surface area (Å²) in [6, 6.07) is 10.4. The Labute approximate surface area is 128 Å². The normalized spacial score (nSPS) is 18.1. The monoisotopic (exact) mass is 296 g/mol. The SMILES string of the molecule is Fc1cccc(-c2nc3cccnc3n2CC2CCNC2)c1. The van der Waals surface area contributed by atoms with Gasteiger partial charge in [0, 0.05) is 18.3 Å². The van der Waals surface area contributed by atoms with Gasteiger partial charge < -0.3 is 9.88 Å². The Morgan fingerprint density at radius 1 is 1.27 bits per heavy atom. The quantitative estimate of drug-likeness (QED) is 0.808. The molecule has 1 saturated heterocycles. The average molecular weight is 296 g/mol. The molecule has 1 fully saturated rings. The van der Waals surface area contributed by atoms with Crippen molar-refractivity contribution in [2.45, 2.75) is 13.0 Å². The van der Waals surface area contributed by atoms with Crippen molar-refractivity contribution in [1.29, 1.82) is 0 Å². The van der Waals surface area contributed by atoms with Gasteiger partial charge in [0.15, 0.2) is 5.65 Å². The molecule has 2 aromatic heterocycles. The lowest BCUT2D eigenvalue weighted by atomic mass is 10.1. The minimum Gasteiger partial charge on any atom is -0.316 e.